The van der Waals surface area contributed by atoms with Crippen molar-refractivity contribution in [2.75, 3.05) is 31.1 Å². The van der Waals surface area contributed by atoms with E-state index in [1.165, 1.54) is 6.42 Å². The smallest absolute Gasteiger partial charge is 0.228 e. The Labute approximate surface area is 157 Å². The normalized spacial score (nSPS) is 29.2. The first-order valence-electron chi connectivity index (χ1n) is 9.77. The van der Waals surface area contributed by atoms with Crippen LogP contribution in [0, 0.1) is 5.92 Å². The van der Waals surface area contributed by atoms with Crippen LogP contribution in [0.4, 0.5) is 5.82 Å². The van der Waals surface area contributed by atoms with Gasteiger partial charge in [-0.2, -0.15) is 0 Å². The second-order valence-electron chi connectivity index (χ2n) is 7.75. The number of nitrogens with zero attached hydrogens (tertiary/aromatic N) is 4. The predicted molar refractivity (Wildman–Crippen MR) is 103 cm³/mol. The van der Waals surface area contributed by atoms with Crippen LogP contribution in [-0.2, 0) is 4.79 Å². The molecule has 26 heavy (non-hydrogen) atoms. The number of aromatic nitrogens is 2. The molecule has 0 aliphatic carbocycles. The van der Waals surface area contributed by atoms with Crippen molar-refractivity contribution < 1.29 is 4.79 Å². The predicted octanol–water partition coefficient (Wildman–Crippen LogP) is 2.26. The van der Waals surface area contributed by atoms with Gasteiger partial charge in [0.25, 0.3) is 0 Å². The van der Waals surface area contributed by atoms with Gasteiger partial charge in [-0.25, -0.2) is 9.97 Å². The summed E-state index contributed by atoms with van der Waals surface area (Å²) in [7, 11) is 0. The van der Waals surface area contributed by atoms with E-state index in [1.54, 1.807) is 17.7 Å². The van der Waals surface area contributed by atoms with Gasteiger partial charge < -0.3 is 15.1 Å². The Morgan fingerprint density at radius 3 is 3.08 bits per heavy atom. The Morgan fingerprint density at radius 2 is 2.12 bits per heavy atom. The van der Waals surface area contributed by atoms with E-state index >= 15 is 0 Å². The van der Waals surface area contributed by atoms with E-state index in [9.17, 15) is 4.79 Å². The SMILES string of the molecule is O=C(C1CCCN(c2ncnc3sccc23)C1)N1C2CCNCC1CC2. The molecule has 5 rings (SSSR count). The molecule has 3 saturated heterocycles. The van der Waals surface area contributed by atoms with Crippen LogP contribution in [0.2, 0.25) is 0 Å². The number of carbonyl (C=O) groups is 1. The molecule has 0 aromatic carbocycles. The van der Waals surface area contributed by atoms with Gasteiger partial charge in [0, 0.05) is 31.7 Å². The average Bonchev–Trinajstić information content (AvgIpc) is 3.24. The van der Waals surface area contributed by atoms with E-state index in [1.807, 2.05) is 0 Å². The summed E-state index contributed by atoms with van der Waals surface area (Å²) in [6.07, 6.45) is 7.13. The number of rotatable bonds is 2. The van der Waals surface area contributed by atoms with Crippen LogP contribution in [0.5, 0.6) is 0 Å². The third kappa shape index (κ3) is 2.77. The second kappa shape index (κ2) is 6.78. The van der Waals surface area contributed by atoms with Gasteiger partial charge in [0.2, 0.25) is 5.91 Å². The Hall–Kier alpha value is -1.73. The van der Waals surface area contributed by atoms with Gasteiger partial charge in [-0.1, -0.05) is 0 Å². The van der Waals surface area contributed by atoms with Crippen LogP contribution in [0.25, 0.3) is 10.2 Å². The number of thiophene rings is 1. The Balaban J connectivity index is 1.37. The summed E-state index contributed by atoms with van der Waals surface area (Å²) >= 11 is 1.65. The van der Waals surface area contributed by atoms with Crippen molar-refractivity contribution in [2.24, 2.45) is 5.92 Å². The van der Waals surface area contributed by atoms with Crippen molar-refractivity contribution in [3.8, 4) is 0 Å². The topological polar surface area (TPSA) is 61.4 Å². The fraction of sp³-hybridized carbons (Fsp3) is 0.632. The quantitative estimate of drug-likeness (QED) is 0.877. The lowest BCUT2D eigenvalue weighted by atomic mass is 9.95. The first kappa shape index (κ1) is 16.4. The molecular formula is C19H25N5OS. The number of fused-ring (bicyclic) bond motifs is 3. The van der Waals surface area contributed by atoms with E-state index in [0.29, 0.717) is 18.0 Å². The van der Waals surface area contributed by atoms with Gasteiger partial charge >= 0.3 is 0 Å². The van der Waals surface area contributed by atoms with Crippen molar-refractivity contribution in [1.82, 2.24) is 20.2 Å². The molecule has 138 valence electrons. The molecule has 3 unspecified atom stereocenters. The molecule has 2 aromatic rings. The number of amides is 1. The highest BCUT2D eigenvalue weighted by molar-refractivity contribution is 7.16. The largest absolute Gasteiger partial charge is 0.355 e. The standard InChI is InChI=1S/C19H25N5OS/c25-19(24-14-3-4-15(24)10-20-7-5-14)13-2-1-8-23(11-13)17-16-6-9-26-18(16)22-12-21-17/h6,9,12-15,20H,1-5,7-8,10-11H2. The van der Waals surface area contributed by atoms with Crippen LogP contribution in [0.3, 0.4) is 0 Å². The summed E-state index contributed by atoms with van der Waals surface area (Å²) in [6, 6.07) is 2.94. The fourth-order valence-electron chi connectivity index (χ4n) is 4.95. The maximum absolute atomic E-state index is 13.4. The molecule has 5 heterocycles. The summed E-state index contributed by atoms with van der Waals surface area (Å²) < 4.78 is 0. The molecule has 3 fully saturated rings. The number of nitrogens with one attached hydrogen (secondary N) is 1. The van der Waals surface area contributed by atoms with E-state index in [2.05, 4.69) is 36.5 Å². The van der Waals surface area contributed by atoms with Crippen molar-refractivity contribution >= 4 is 33.3 Å². The molecule has 7 heteroatoms. The summed E-state index contributed by atoms with van der Waals surface area (Å²) in [5, 5.41) is 6.68. The van der Waals surface area contributed by atoms with E-state index in [4.69, 9.17) is 0 Å². The Kier molecular flexibility index (Phi) is 4.29. The Bertz CT molecular complexity index is 794. The summed E-state index contributed by atoms with van der Waals surface area (Å²) in [5.74, 6) is 1.46. The molecule has 6 nitrogen and oxygen atoms in total. The van der Waals surface area contributed by atoms with Crippen molar-refractivity contribution in [3.63, 3.8) is 0 Å². The number of hydrogen-bond acceptors (Lipinski definition) is 6. The number of anilines is 1. The zero-order chi connectivity index (χ0) is 17.5. The molecule has 2 aromatic heterocycles. The van der Waals surface area contributed by atoms with E-state index in [0.717, 1.165) is 67.9 Å². The molecule has 3 atom stereocenters. The first-order chi connectivity index (χ1) is 12.8. The highest BCUT2D eigenvalue weighted by atomic mass is 32.1. The molecule has 3 aliphatic rings. The third-order valence-electron chi connectivity index (χ3n) is 6.22. The molecule has 3 aliphatic heterocycles. The molecule has 0 spiro atoms. The van der Waals surface area contributed by atoms with Crippen molar-refractivity contribution in [3.05, 3.63) is 17.8 Å². The number of hydrogen-bond donors (Lipinski definition) is 1. The number of piperidine rings is 1. The lowest BCUT2D eigenvalue weighted by Crippen LogP contribution is -2.49. The summed E-state index contributed by atoms with van der Waals surface area (Å²) in [4.78, 5) is 27.9. The zero-order valence-corrected chi connectivity index (χ0v) is 15.7. The highest BCUT2D eigenvalue weighted by Gasteiger charge is 2.41. The van der Waals surface area contributed by atoms with Gasteiger partial charge in [0.1, 0.15) is 17.0 Å². The van der Waals surface area contributed by atoms with Crippen LogP contribution in [-0.4, -0.2) is 59.0 Å². The zero-order valence-electron chi connectivity index (χ0n) is 14.9. The van der Waals surface area contributed by atoms with Gasteiger partial charge in [-0.05, 0) is 50.1 Å². The lowest BCUT2D eigenvalue weighted by molar-refractivity contribution is -0.138. The molecule has 1 N–H and O–H groups in total. The van der Waals surface area contributed by atoms with E-state index < -0.39 is 0 Å². The number of carbonyl (C=O) groups excluding carboxylic acids is 1. The van der Waals surface area contributed by atoms with Crippen molar-refractivity contribution in [2.45, 2.75) is 44.2 Å². The average molecular weight is 372 g/mol. The Morgan fingerprint density at radius 1 is 1.19 bits per heavy atom. The third-order valence-corrected chi connectivity index (χ3v) is 7.04. The monoisotopic (exact) mass is 371 g/mol. The second-order valence-corrected chi connectivity index (χ2v) is 8.64. The molecule has 2 bridgehead atoms. The minimum absolute atomic E-state index is 0.0913. The van der Waals surface area contributed by atoms with Gasteiger partial charge in [0.05, 0.1) is 11.3 Å². The van der Waals surface area contributed by atoms with Crippen LogP contribution < -0.4 is 10.2 Å². The van der Waals surface area contributed by atoms with Gasteiger partial charge in [0.15, 0.2) is 0 Å². The summed E-state index contributed by atoms with van der Waals surface area (Å²) in [5.41, 5.74) is 0. The lowest BCUT2D eigenvalue weighted by Gasteiger charge is -2.37. The highest BCUT2D eigenvalue weighted by Crippen LogP contribution is 2.34. The first-order valence-corrected chi connectivity index (χ1v) is 10.7. The minimum Gasteiger partial charge on any atom is -0.355 e. The van der Waals surface area contributed by atoms with Crippen LogP contribution in [0.15, 0.2) is 17.8 Å². The minimum atomic E-state index is 0.0913. The molecule has 1 amide bonds. The molecular weight excluding hydrogens is 346 g/mol. The van der Waals surface area contributed by atoms with Crippen molar-refractivity contribution in [1.29, 1.82) is 0 Å². The molecule has 0 saturated carbocycles. The van der Waals surface area contributed by atoms with E-state index in [-0.39, 0.29) is 5.92 Å². The van der Waals surface area contributed by atoms with Crippen LogP contribution in [0.1, 0.15) is 32.1 Å². The van der Waals surface area contributed by atoms with Gasteiger partial charge in [-0.15, -0.1) is 11.3 Å². The molecule has 0 radical (unpaired) electrons. The maximum Gasteiger partial charge on any atom is 0.228 e. The van der Waals surface area contributed by atoms with Gasteiger partial charge in [-0.3, -0.25) is 4.79 Å². The summed E-state index contributed by atoms with van der Waals surface area (Å²) in [6.45, 7) is 3.75. The fourth-order valence-corrected chi connectivity index (χ4v) is 5.68. The maximum atomic E-state index is 13.4. The van der Waals surface area contributed by atoms with Crippen LogP contribution >= 0.6 is 11.3 Å².